The lowest BCUT2D eigenvalue weighted by Crippen LogP contribution is -2.47. The lowest BCUT2D eigenvalue weighted by Gasteiger charge is -2.31. The van der Waals surface area contributed by atoms with Crippen LogP contribution in [-0.2, 0) is 33.3 Å². The van der Waals surface area contributed by atoms with Crippen LogP contribution in [0.5, 0.6) is 0 Å². The van der Waals surface area contributed by atoms with Crippen molar-refractivity contribution in [2.24, 2.45) is 11.8 Å². The van der Waals surface area contributed by atoms with Crippen LogP contribution < -0.4 is 14.5 Å². The molecule has 0 aliphatic heterocycles. The molecule has 262 valence electrons. The maximum Gasteiger partial charge on any atom is 0.408 e. The van der Waals surface area contributed by atoms with Crippen LogP contribution in [0.4, 0.5) is 16.4 Å². The molecule has 2 aromatic carbocycles. The predicted molar refractivity (Wildman–Crippen MR) is 196 cm³/mol. The fourth-order valence-electron chi connectivity index (χ4n) is 5.89. The van der Waals surface area contributed by atoms with Crippen molar-refractivity contribution in [1.82, 2.24) is 20.5 Å². The first kappa shape index (κ1) is 35.9. The number of nitrogens with zero attached hydrogens (tertiary/aromatic N) is 4. The molecule has 2 unspecified atom stereocenters. The number of alkyl carbamates (subject to hydrolysis) is 1. The van der Waals surface area contributed by atoms with Crippen molar-refractivity contribution in [1.29, 1.82) is 0 Å². The lowest BCUT2D eigenvalue weighted by molar-refractivity contribution is 0.0458. The van der Waals surface area contributed by atoms with E-state index in [-0.39, 0.29) is 0 Å². The number of nitrogens with one attached hydrogen (secondary N) is 2. The first-order valence-electron chi connectivity index (χ1n) is 16.9. The van der Waals surface area contributed by atoms with Crippen molar-refractivity contribution in [2.75, 3.05) is 22.8 Å². The van der Waals surface area contributed by atoms with E-state index >= 15 is 0 Å². The van der Waals surface area contributed by atoms with Crippen LogP contribution in [0, 0.1) is 11.8 Å². The van der Waals surface area contributed by atoms with Gasteiger partial charge in [-0.05, 0) is 89.1 Å². The highest BCUT2D eigenvalue weighted by Crippen LogP contribution is 2.40. The van der Waals surface area contributed by atoms with E-state index in [1.54, 1.807) is 27.0 Å². The van der Waals surface area contributed by atoms with Crippen molar-refractivity contribution < 1.29 is 17.9 Å². The Morgan fingerprint density at radius 1 is 0.980 bits per heavy atom. The van der Waals surface area contributed by atoms with E-state index in [4.69, 9.17) is 14.8 Å². The first-order valence-corrected chi connectivity index (χ1v) is 18.4. The van der Waals surface area contributed by atoms with E-state index in [2.05, 4.69) is 34.4 Å². The summed E-state index contributed by atoms with van der Waals surface area (Å²) in [6.45, 7) is 14.4. The molecule has 0 bridgehead atoms. The highest BCUT2D eigenvalue weighted by atomic mass is 32.2. The molecule has 4 aromatic rings. The van der Waals surface area contributed by atoms with Gasteiger partial charge >= 0.3 is 6.09 Å². The van der Waals surface area contributed by atoms with E-state index in [9.17, 15) is 13.2 Å². The Hall–Kier alpha value is -4.38. The topological polar surface area (TPSA) is 121 Å². The summed E-state index contributed by atoms with van der Waals surface area (Å²) >= 11 is 0. The summed E-state index contributed by atoms with van der Waals surface area (Å²) < 4.78 is 33.7. The number of amides is 1. The molecule has 1 amide bonds. The van der Waals surface area contributed by atoms with Crippen LogP contribution in [-0.4, -0.2) is 54.1 Å². The molecule has 2 heterocycles. The van der Waals surface area contributed by atoms with Gasteiger partial charge in [0, 0.05) is 32.1 Å². The van der Waals surface area contributed by atoms with Gasteiger partial charge < -0.3 is 15.0 Å². The summed E-state index contributed by atoms with van der Waals surface area (Å²) in [6.07, 6.45) is 1.08. The molecule has 0 saturated heterocycles. The second kappa shape index (κ2) is 14.2. The number of anilines is 2. The third-order valence-electron chi connectivity index (χ3n) is 9.02. The van der Waals surface area contributed by atoms with Gasteiger partial charge in [-0.15, -0.1) is 0 Å². The van der Waals surface area contributed by atoms with Crippen molar-refractivity contribution in [2.45, 2.75) is 84.2 Å². The number of pyridine rings is 1. The van der Waals surface area contributed by atoms with Gasteiger partial charge in [0.1, 0.15) is 17.2 Å². The Morgan fingerprint density at radius 2 is 1.57 bits per heavy atom. The van der Waals surface area contributed by atoms with Gasteiger partial charge in [0.05, 0.1) is 22.2 Å². The quantitative estimate of drug-likeness (QED) is 0.152. The zero-order valence-corrected chi connectivity index (χ0v) is 30.7. The molecule has 11 heteroatoms. The molecule has 0 spiro atoms. The Balaban J connectivity index is 1.58. The monoisotopic (exact) mass is 686 g/mol. The number of hydrogen-bond donors (Lipinski definition) is 2. The highest BCUT2D eigenvalue weighted by molar-refractivity contribution is 7.93. The fourth-order valence-corrected chi connectivity index (χ4v) is 6.88. The summed E-state index contributed by atoms with van der Waals surface area (Å²) in [5, 5.41) is 10.4. The highest BCUT2D eigenvalue weighted by Gasteiger charge is 2.36. The normalized spacial score (nSPS) is 17.3. The van der Waals surface area contributed by atoms with Crippen molar-refractivity contribution in [3.8, 4) is 11.3 Å². The summed E-state index contributed by atoms with van der Waals surface area (Å²) in [4.78, 5) is 20.3. The van der Waals surface area contributed by atoms with Crippen LogP contribution in [0.25, 0.3) is 11.3 Å². The summed E-state index contributed by atoms with van der Waals surface area (Å²) in [5.41, 5.74) is 2.55. The molecule has 3 atom stereocenters. The van der Waals surface area contributed by atoms with E-state index < -0.39 is 32.5 Å². The van der Waals surface area contributed by atoms with Gasteiger partial charge in [-0.2, -0.15) is 5.10 Å². The maximum atomic E-state index is 13.4. The molecule has 1 aliphatic rings. The summed E-state index contributed by atoms with van der Waals surface area (Å²) in [7, 11) is -2.12. The maximum absolute atomic E-state index is 13.4. The van der Waals surface area contributed by atoms with Crippen LogP contribution >= 0.6 is 0 Å². The van der Waals surface area contributed by atoms with Gasteiger partial charge in [0.15, 0.2) is 0 Å². The third-order valence-corrected chi connectivity index (χ3v) is 11.2. The average molecular weight is 687 g/mol. The second-order valence-corrected chi connectivity index (χ2v) is 17.3. The lowest BCUT2D eigenvalue weighted by atomic mass is 9.89. The van der Waals surface area contributed by atoms with Gasteiger partial charge in [-0.25, -0.2) is 18.2 Å². The van der Waals surface area contributed by atoms with Crippen LogP contribution in [0.15, 0.2) is 78.9 Å². The zero-order chi connectivity index (χ0) is 35.6. The molecule has 2 aromatic heterocycles. The molecular formula is C38H50N6O4S. The van der Waals surface area contributed by atoms with Crippen LogP contribution in [0.2, 0.25) is 0 Å². The molecule has 1 fully saturated rings. The number of sulfonamides is 1. The van der Waals surface area contributed by atoms with Crippen molar-refractivity contribution in [3.05, 3.63) is 95.7 Å². The molecule has 0 radical (unpaired) electrons. The predicted octanol–water partition coefficient (Wildman–Crippen LogP) is 7.29. The Kier molecular flexibility index (Phi) is 10.4. The smallest absolute Gasteiger partial charge is 0.408 e. The van der Waals surface area contributed by atoms with Gasteiger partial charge in [0.25, 0.3) is 0 Å². The molecular weight excluding hydrogens is 637 g/mol. The summed E-state index contributed by atoms with van der Waals surface area (Å²) in [5.74, 6) is 2.14. The number of H-pyrrole nitrogens is 1. The SMILES string of the molecule is CC1CC1CN(Cc1ccccc1)c1cc(-c2cc([C@@](C)(Cc3ccccc3)NC(=O)OC(C)(C)C)[nH]n2)cc(N(C)S(=O)(=O)C(C)C)n1. The second-order valence-electron chi connectivity index (χ2n) is 14.8. The number of benzene rings is 2. The van der Waals surface area contributed by atoms with Gasteiger partial charge in [-0.3, -0.25) is 9.40 Å². The molecule has 5 rings (SSSR count). The minimum Gasteiger partial charge on any atom is -0.444 e. The van der Waals surface area contributed by atoms with Crippen molar-refractivity contribution >= 4 is 27.8 Å². The molecule has 49 heavy (non-hydrogen) atoms. The minimum absolute atomic E-state index is 0.312. The molecule has 2 N–H and O–H groups in total. The average Bonchev–Trinajstić information content (AvgIpc) is 3.49. The van der Waals surface area contributed by atoms with E-state index in [1.807, 2.05) is 88.4 Å². The molecule has 1 saturated carbocycles. The number of aromatic amines is 1. The standard InChI is InChI=1S/C38H50N6O4S/c1-26(2)49(46,47)43(8)34-20-30(21-35(39-34)44(25-31-19-27(31)3)24-29-17-13-10-14-18-29)32-22-33(42-41-32)38(7,23-28-15-11-9-12-16-28)40-36(45)48-37(4,5)6/h9-18,20-22,26-27,31H,19,23-25H2,1-8H3,(H,40,45)(H,41,42)/t27?,31?,38-/m1/s1. The number of carbonyl (C=O) groups is 1. The van der Waals surface area contributed by atoms with Crippen molar-refractivity contribution in [3.63, 3.8) is 0 Å². The van der Waals surface area contributed by atoms with Gasteiger partial charge in [0.2, 0.25) is 10.0 Å². The van der Waals surface area contributed by atoms with Crippen LogP contribution in [0.1, 0.15) is 71.7 Å². The Labute approximate surface area is 291 Å². The van der Waals surface area contributed by atoms with E-state index in [1.165, 1.54) is 4.31 Å². The molecule has 10 nitrogen and oxygen atoms in total. The number of hydrogen-bond acceptors (Lipinski definition) is 7. The number of carbonyl (C=O) groups excluding carboxylic acids is 1. The van der Waals surface area contributed by atoms with E-state index in [0.29, 0.717) is 53.4 Å². The zero-order valence-electron chi connectivity index (χ0n) is 29.9. The first-order chi connectivity index (χ1) is 23.0. The summed E-state index contributed by atoms with van der Waals surface area (Å²) in [6, 6.07) is 25.8. The van der Waals surface area contributed by atoms with Crippen LogP contribution in [0.3, 0.4) is 0 Å². The Bertz CT molecular complexity index is 1840. The fraction of sp³-hybridized carbons (Fsp3) is 0.447. The number of aromatic nitrogens is 3. The number of ether oxygens (including phenoxy) is 1. The number of rotatable bonds is 13. The Morgan fingerprint density at radius 3 is 2.14 bits per heavy atom. The minimum atomic E-state index is -3.67. The largest absolute Gasteiger partial charge is 0.444 e. The van der Waals surface area contributed by atoms with Gasteiger partial charge in [-0.1, -0.05) is 67.6 Å². The molecule has 1 aliphatic carbocycles. The third kappa shape index (κ3) is 9.00. The van der Waals surface area contributed by atoms with E-state index in [0.717, 1.165) is 24.1 Å².